The predicted octanol–water partition coefficient (Wildman–Crippen LogP) is 2.63. The highest BCUT2D eigenvalue weighted by molar-refractivity contribution is 9.10. The lowest BCUT2D eigenvalue weighted by molar-refractivity contribution is 0.0159. The van der Waals surface area contributed by atoms with Crippen LogP contribution in [0.1, 0.15) is 30.1 Å². The number of benzene rings is 1. The molecule has 1 heterocycles. The molecular formula is C15H20BrNO3. The maximum atomic E-state index is 11.8. The second-order valence-electron chi connectivity index (χ2n) is 5.00. The molecule has 20 heavy (non-hydrogen) atoms. The van der Waals surface area contributed by atoms with Crippen molar-refractivity contribution >= 4 is 27.4 Å². The van der Waals surface area contributed by atoms with Gasteiger partial charge in [0.15, 0.2) is 5.78 Å². The Labute approximate surface area is 127 Å². The number of halogens is 1. The molecular weight excluding hydrogens is 322 g/mol. The molecule has 110 valence electrons. The van der Waals surface area contributed by atoms with Crippen molar-refractivity contribution in [1.29, 1.82) is 0 Å². The molecule has 0 unspecified atom stereocenters. The summed E-state index contributed by atoms with van der Waals surface area (Å²) < 4.78 is 6.49. The molecule has 1 aliphatic rings. The van der Waals surface area contributed by atoms with Gasteiger partial charge in [-0.2, -0.15) is 0 Å². The van der Waals surface area contributed by atoms with Crippen molar-refractivity contribution < 1.29 is 14.6 Å². The molecule has 1 aromatic rings. The lowest BCUT2D eigenvalue weighted by atomic mass is 10.0. The van der Waals surface area contributed by atoms with Crippen molar-refractivity contribution in [3.05, 3.63) is 28.2 Å². The van der Waals surface area contributed by atoms with Crippen LogP contribution in [0.4, 0.5) is 5.69 Å². The van der Waals surface area contributed by atoms with Crippen molar-refractivity contribution in [3.8, 4) is 0 Å². The van der Waals surface area contributed by atoms with E-state index in [2.05, 4.69) is 20.8 Å². The Balaban J connectivity index is 2.05. The summed E-state index contributed by atoms with van der Waals surface area (Å²) >= 11 is 3.41. The number of nitrogens with zero attached hydrogens (tertiary/aromatic N) is 1. The van der Waals surface area contributed by atoms with Gasteiger partial charge in [0, 0.05) is 28.8 Å². The number of carbonyl (C=O) groups is 1. The lowest BCUT2D eigenvalue weighted by Crippen LogP contribution is -2.38. The van der Waals surface area contributed by atoms with Crippen LogP contribution in [0, 0.1) is 0 Å². The smallest absolute Gasteiger partial charge is 0.161 e. The van der Waals surface area contributed by atoms with E-state index in [1.807, 2.05) is 18.2 Å². The largest absolute Gasteiger partial charge is 0.394 e. The number of anilines is 1. The topological polar surface area (TPSA) is 49.8 Å². The number of ketones is 1. The minimum Gasteiger partial charge on any atom is -0.394 e. The summed E-state index contributed by atoms with van der Waals surface area (Å²) in [6.45, 7) is 3.82. The molecule has 0 aromatic heterocycles. The first kappa shape index (κ1) is 15.5. The van der Waals surface area contributed by atoms with Gasteiger partial charge in [-0.25, -0.2) is 0 Å². The highest BCUT2D eigenvalue weighted by atomic mass is 79.9. The fourth-order valence-corrected chi connectivity index (χ4v) is 2.91. The standard InChI is InChI=1S/C15H20BrNO3/c1-11(19)14-10-12(16)2-3-15(14)17-6-4-13(5-7-17)20-9-8-18/h2-3,10,13,18H,4-9H2,1H3. The quantitative estimate of drug-likeness (QED) is 0.836. The van der Waals surface area contributed by atoms with E-state index in [1.54, 1.807) is 6.92 Å². The van der Waals surface area contributed by atoms with E-state index in [-0.39, 0.29) is 18.5 Å². The van der Waals surface area contributed by atoms with Gasteiger partial charge in [-0.15, -0.1) is 0 Å². The third-order valence-corrected chi connectivity index (χ3v) is 4.06. The third-order valence-electron chi connectivity index (χ3n) is 3.57. The average molecular weight is 342 g/mol. The molecule has 0 saturated carbocycles. The van der Waals surface area contributed by atoms with Gasteiger partial charge < -0.3 is 14.7 Å². The van der Waals surface area contributed by atoms with Crippen molar-refractivity contribution in [2.24, 2.45) is 0 Å². The second kappa shape index (κ2) is 7.20. The molecule has 0 amide bonds. The monoisotopic (exact) mass is 341 g/mol. The fourth-order valence-electron chi connectivity index (χ4n) is 2.55. The number of aliphatic hydroxyl groups is 1. The van der Waals surface area contributed by atoms with E-state index in [0.717, 1.165) is 41.7 Å². The normalized spacial score (nSPS) is 16.4. The Kier molecular flexibility index (Phi) is 5.57. The van der Waals surface area contributed by atoms with Crippen molar-refractivity contribution in [3.63, 3.8) is 0 Å². The van der Waals surface area contributed by atoms with Crippen LogP contribution in [-0.2, 0) is 4.74 Å². The van der Waals surface area contributed by atoms with Crippen LogP contribution in [0.3, 0.4) is 0 Å². The molecule has 1 aliphatic heterocycles. The predicted molar refractivity (Wildman–Crippen MR) is 82.4 cm³/mol. The minimum atomic E-state index is 0.0708. The van der Waals surface area contributed by atoms with Crippen molar-refractivity contribution in [1.82, 2.24) is 0 Å². The van der Waals surface area contributed by atoms with E-state index in [9.17, 15) is 4.79 Å². The zero-order chi connectivity index (χ0) is 14.5. The van der Waals surface area contributed by atoms with Gasteiger partial charge in [0.1, 0.15) is 0 Å². The lowest BCUT2D eigenvalue weighted by Gasteiger charge is -2.34. The minimum absolute atomic E-state index is 0.0708. The number of ether oxygens (including phenoxy) is 1. The first-order valence-corrected chi connectivity index (χ1v) is 7.69. The third kappa shape index (κ3) is 3.81. The maximum absolute atomic E-state index is 11.8. The summed E-state index contributed by atoms with van der Waals surface area (Å²) in [4.78, 5) is 14.0. The Morgan fingerprint density at radius 1 is 1.45 bits per heavy atom. The summed E-state index contributed by atoms with van der Waals surface area (Å²) in [5.74, 6) is 0.0833. The Hall–Kier alpha value is -0.910. The number of rotatable bonds is 5. The molecule has 0 atom stereocenters. The van der Waals surface area contributed by atoms with Gasteiger partial charge in [0.2, 0.25) is 0 Å². The summed E-state index contributed by atoms with van der Waals surface area (Å²) in [6, 6.07) is 5.85. The molecule has 4 nitrogen and oxygen atoms in total. The van der Waals surface area contributed by atoms with Crippen LogP contribution in [0.25, 0.3) is 0 Å². The molecule has 1 aromatic carbocycles. The number of Topliss-reactive ketones (excluding diaryl/α,β-unsaturated/α-hetero) is 1. The molecule has 1 fully saturated rings. The first-order chi connectivity index (χ1) is 9.61. The number of piperidine rings is 1. The SMILES string of the molecule is CC(=O)c1cc(Br)ccc1N1CCC(OCCO)CC1. The Bertz CT molecular complexity index is 470. The molecule has 0 radical (unpaired) electrons. The Morgan fingerprint density at radius 3 is 2.75 bits per heavy atom. The van der Waals surface area contributed by atoms with Crippen molar-refractivity contribution in [2.45, 2.75) is 25.9 Å². The molecule has 0 aliphatic carbocycles. The zero-order valence-electron chi connectivity index (χ0n) is 11.6. The van der Waals surface area contributed by atoms with Crippen LogP contribution in [-0.4, -0.2) is 43.3 Å². The fraction of sp³-hybridized carbons (Fsp3) is 0.533. The maximum Gasteiger partial charge on any atom is 0.161 e. The van der Waals surface area contributed by atoms with Crippen LogP contribution in [0.5, 0.6) is 0 Å². The van der Waals surface area contributed by atoms with E-state index in [0.29, 0.717) is 6.61 Å². The number of hydrogen-bond acceptors (Lipinski definition) is 4. The van der Waals surface area contributed by atoms with Crippen LogP contribution < -0.4 is 4.90 Å². The average Bonchev–Trinajstić information content (AvgIpc) is 2.45. The molecule has 2 rings (SSSR count). The first-order valence-electron chi connectivity index (χ1n) is 6.89. The molecule has 1 N–H and O–H groups in total. The molecule has 0 bridgehead atoms. The van der Waals surface area contributed by atoms with Gasteiger partial charge >= 0.3 is 0 Å². The molecule has 1 saturated heterocycles. The van der Waals surface area contributed by atoms with Gasteiger partial charge in [-0.3, -0.25) is 4.79 Å². The number of aliphatic hydroxyl groups excluding tert-OH is 1. The van der Waals surface area contributed by atoms with E-state index in [1.165, 1.54) is 0 Å². The highest BCUT2D eigenvalue weighted by Crippen LogP contribution is 2.28. The summed E-state index contributed by atoms with van der Waals surface area (Å²) in [6.07, 6.45) is 2.07. The van der Waals surface area contributed by atoms with Crippen molar-refractivity contribution in [2.75, 3.05) is 31.2 Å². The van der Waals surface area contributed by atoms with E-state index < -0.39 is 0 Å². The van der Waals surface area contributed by atoms with Crippen LogP contribution in [0.2, 0.25) is 0 Å². The summed E-state index contributed by atoms with van der Waals surface area (Å²) in [5.41, 5.74) is 1.76. The van der Waals surface area contributed by atoms with E-state index >= 15 is 0 Å². The van der Waals surface area contributed by atoms with E-state index in [4.69, 9.17) is 9.84 Å². The van der Waals surface area contributed by atoms with Gasteiger partial charge in [0.25, 0.3) is 0 Å². The highest BCUT2D eigenvalue weighted by Gasteiger charge is 2.22. The van der Waals surface area contributed by atoms with Crippen LogP contribution in [0.15, 0.2) is 22.7 Å². The number of hydrogen-bond donors (Lipinski definition) is 1. The summed E-state index contributed by atoms with van der Waals surface area (Å²) in [7, 11) is 0. The van der Waals surface area contributed by atoms with Gasteiger partial charge in [-0.1, -0.05) is 15.9 Å². The summed E-state index contributed by atoms with van der Waals surface area (Å²) in [5, 5.41) is 8.77. The Morgan fingerprint density at radius 2 is 2.15 bits per heavy atom. The molecule has 5 heteroatoms. The number of carbonyl (C=O) groups excluding carboxylic acids is 1. The molecule has 0 spiro atoms. The van der Waals surface area contributed by atoms with Crippen LogP contribution >= 0.6 is 15.9 Å². The second-order valence-corrected chi connectivity index (χ2v) is 5.91. The van der Waals surface area contributed by atoms with Gasteiger partial charge in [-0.05, 0) is 38.0 Å². The van der Waals surface area contributed by atoms with Gasteiger partial charge in [0.05, 0.1) is 19.3 Å². The zero-order valence-corrected chi connectivity index (χ0v) is 13.2.